The molecule has 18 heavy (non-hydrogen) atoms. The average Bonchev–Trinajstić information content (AvgIpc) is 2.34. The van der Waals surface area contributed by atoms with E-state index in [1.807, 2.05) is 11.8 Å². The van der Waals surface area contributed by atoms with Gasteiger partial charge in [0.15, 0.2) is 5.78 Å². The number of carbonyl (C=O) groups excluding carboxylic acids is 2. The van der Waals surface area contributed by atoms with Crippen LogP contribution >= 0.6 is 0 Å². The van der Waals surface area contributed by atoms with Gasteiger partial charge in [-0.15, -0.1) is 0 Å². The summed E-state index contributed by atoms with van der Waals surface area (Å²) in [6.45, 7) is 3.35. The fourth-order valence-corrected chi connectivity index (χ4v) is 2.20. The van der Waals surface area contributed by atoms with Gasteiger partial charge in [-0.05, 0) is 12.1 Å². The molecule has 0 bridgehead atoms. The van der Waals surface area contributed by atoms with Crippen LogP contribution < -0.4 is 0 Å². The van der Waals surface area contributed by atoms with E-state index in [1.165, 1.54) is 18.2 Å². The molecule has 1 unspecified atom stereocenters. The number of nitrogens with zero attached hydrogens (tertiary/aromatic N) is 1. The van der Waals surface area contributed by atoms with Crippen LogP contribution in [0.5, 0.6) is 0 Å². The van der Waals surface area contributed by atoms with Crippen LogP contribution in [0, 0.1) is 11.7 Å². The SMILES string of the molecule is CC1CN(CC(=O)c2cccc(F)c2)CCC1=O. The highest BCUT2D eigenvalue weighted by Crippen LogP contribution is 2.13. The predicted octanol–water partition coefficient (Wildman–Crippen LogP) is 1.92. The Morgan fingerprint density at radius 3 is 2.94 bits per heavy atom. The number of benzene rings is 1. The molecular weight excluding hydrogens is 233 g/mol. The summed E-state index contributed by atoms with van der Waals surface area (Å²) in [5.74, 6) is -0.261. The van der Waals surface area contributed by atoms with E-state index in [-0.39, 0.29) is 24.0 Å². The van der Waals surface area contributed by atoms with E-state index in [1.54, 1.807) is 6.07 Å². The zero-order valence-corrected chi connectivity index (χ0v) is 10.4. The molecule has 2 rings (SSSR count). The van der Waals surface area contributed by atoms with Gasteiger partial charge in [0.1, 0.15) is 11.6 Å². The quantitative estimate of drug-likeness (QED) is 0.768. The van der Waals surface area contributed by atoms with Crippen LogP contribution in [0.2, 0.25) is 0 Å². The van der Waals surface area contributed by atoms with Gasteiger partial charge in [-0.25, -0.2) is 4.39 Å². The molecule has 1 saturated heterocycles. The minimum absolute atomic E-state index is 0.0148. The highest BCUT2D eigenvalue weighted by Gasteiger charge is 2.24. The van der Waals surface area contributed by atoms with Gasteiger partial charge in [0.25, 0.3) is 0 Å². The molecule has 4 heteroatoms. The third kappa shape index (κ3) is 3.01. The number of likely N-dealkylation sites (tertiary alicyclic amines) is 1. The summed E-state index contributed by atoms with van der Waals surface area (Å²) >= 11 is 0. The number of halogens is 1. The Morgan fingerprint density at radius 2 is 2.28 bits per heavy atom. The molecule has 0 amide bonds. The number of ketones is 2. The van der Waals surface area contributed by atoms with Crippen LogP contribution in [-0.2, 0) is 4.79 Å². The Hall–Kier alpha value is -1.55. The summed E-state index contributed by atoms with van der Waals surface area (Å²) in [4.78, 5) is 25.3. The lowest BCUT2D eigenvalue weighted by atomic mass is 9.98. The van der Waals surface area contributed by atoms with E-state index in [2.05, 4.69) is 0 Å². The monoisotopic (exact) mass is 249 g/mol. The molecule has 0 spiro atoms. The first-order chi connectivity index (χ1) is 8.56. The maximum absolute atomic E-state index is 13.0. The van der Waals surface area contributed by atoms with Crippen molar-refractivity contribution in [2.75, 3.05) is 19.6 Å². The van der Waals surface area contributed by atoms with Crippen LogP contribution in [-0.4, -0.2) is 36.1 Å². The smallest absolute Gasteiger partial charge is 0.176 e. The maximum Gasteiger partial charge on any atom is 0.176 e. The van der Waals surface area contributed by atoms with E-state index in [4.69, 9.17) is 0 Å². The molecule has 1 atom stereocenters. The van der Waals surface area contributed by atoms with Gasteiger partial charge in [-0.2, -0.15) is 0 Å². The third-order valence-electron chi connectivity index (χ3n) is 3.27. The summed E-state index contributed by atoms with van der Waals surface area (Å²) in [6, 6.07) is 5.72. The Morgan fingerprint density at radius 1 is 1.50 bits per heavy atom. The van der Waals surface area contributed by atoms with E-state index < -0.39 is 5.82 Å². The molecule has 1 aliphatic rings. The van der Waals surface area contributed by atoms with Gasteiger partial charge in [-0.1, -0.05) is 19.1 Å². The number of rotatable bonds is 3. The molecule has 0 saturated carbocycles. The van der Waals surface area contributed by atoms with Crippen molar-refractivity contribution in [3.05, 3.63) is 35.6 Å². The highest BCUT2D eigenvalue weighted by atomic mass is 19.1. The molecular formula is C14H16FNO2. The van der Waals surface area contributed by atoms with Crippen LogP contribution in [0.3, 0.4) is 0 Å². The van der Waals surface area contributed by atoms with Gasteiger partial charge in [0.05, 0.1) is 6.54 Å². The summed E-state index contributed by atoms with van der Waals surface area (Å²) in [7, 11) is 0. The Kier molecular flexibility index (Phi) is 3.87. The molecule has 0 N–H and O–H groups in total. The fourth-order valence-electron chi connectivity index (χ4n) is 2.20. The predicted molar refractivity (Wildman–Crippen MR) is 66.0 cm³/mol. The number of piperidine rings is 1. The van der Waals surface area contributed by atoms with Gasteiger partial charge >= 0.3 is 0 Å². The minimum Gasteiger partial charge on any atom is -0.299 e. The lowest BCUT2D eigenvalue weighted by molar-refractivity contribution is -0.125. The van der Waals surface area contributed by atoms with Crippen molar-refractivity contribution in [1.29, 1.82) is 0 Å². The van der Waals surface area contributed by atoms with Gasteiger partial charge in [0.2, 0.25) is 0 Å². The summed E-state index contributed by atoms with van der Waals surface area (Å²) in [5, 5.41) is 0. The second-order valence-corrected chi connectivity index (χ2v) is 4.79. The molecule has 96 valence electrons. The van der Waals surface area contributed by atoms with Gasteiger partial charge in [0, 0.05) is 31.0 Å². The normalized spacial score (nSPS) is 21.0. The minimum atomic E-state index is -0.400. The van der Waals surface area contributed by atoms with E-state index in [9.17, 15) is 14.0 Å². The Balaban J connectivity index is 1.98. The number of carbonyl (C=O) groups is 2. The largest absolute Gasteiger partial charge is 0.299 e. The number of hydrogen-bond acceptors (Lipinski definition) is 3. The Bertz CT molecular complexity index is 473. The summed E-state index contributed by atoms with van der Waals surface area (Å²) in [5.41, 5.74) is 0.388. The topological polar surface area (TPSA) is 37.4 Å². The van der Waals surface area contributed by atoms with Crippen molar-refractivity contribution < 1.29 is 14.0 Å². The lowest BCUT2D eigenvalue weighted by Gasteiger charge is -2.29. The van der Waals surface area contributed by atoms with Crippen molar-refractivity contribution >= 4 is 11.6 Å². The van der Waals surface area contributed by atoms with Gasteiger partial charge < -0.3 is 0 Å². The second kappa shape index (κ2) is 5.40. The van der Waals surface area contributed by atoms with E-state index in [0.717, 1.165) is 0 Å². The van der Waals surface area contributed by atoms with Crippen LogP contribution in [0.1, 0.15) is 23.7 Å². The van der Waals surface area contributed by atoms with Crippen LogP contribution in [0.4, 0.5) is 4.39 Å². The van der Waals surface area contributed by atoms with Crippen molar-refractivity contribution in [2.45, 2.75) is 13.3 Å². The van der Waals surface area contributed by atoms with Crippen LogP contribution in [0.25, 0.3) is 0 Å². The molecule has 1 fully saturated rings. The number of hydrogen-bond donors (Lipinski definition) is 0. The zero-order valence-electron chi connectivity index (χ0n) is 10.4. The van der Waals surface area contributed by atoms with Crippen molar-refractivity contribution in [3.63, 3.8) is 0 Å². The molecule has 0 radical (unpaired) electrons. The maximum atomic E-state index is 13.0. The molecule has 1 aliphatic heterocycles. The molecule has 1 aromatic rings. The highest BCUT2D eigenvalue weighted by molar-refractivity contribution is 5.97. The molecule has 0 aliphatic carbocycles. The standard InChI is InChI=1S/C14H16FNO2/c1-10-8-16(6-5-13(10)17)9-14(18)11-3-2-4-12(15)7-11/h2-4,7,10H,5-6,8-9H2,1H3. The first kappa shape index (κ1) is 12.9. The second-order valence-electron chi connectivity index (χ2n) is 4.79. The average molecular weight is 249 g/mol. The van der Waals surface area contributed by atoms with E-state index >= 15 is 0 Å². The first-order valence-electron chi connectivity index (χ1n) is 6.10. The molecule has 0 aromatic heterocycles. The fraction of sp³-hybridized carbons (Fsp3) is 0.429. The Labute approximate surface area is 106 Å². The molecule has 3 nitrogen and oxygen atoms in total. The zero-order chi connectivity index (χ0) is 13.1. The van der Waals surface area contributed by atoms with Crippen molar-refractivity contribution in [1.82, 2.24) is 4.90 Å². The third-order valence-corrected chi connectivity index (χ3v) is 3.27. The van der Waals surface area contributed by atoms with Crippen molar-refractivity contribution in [2.24, 2.45) is 5.92 Å². The lowest BCUT2D eigenvalue weighted by Crippen LogP contribution is -2.42. The molecule has 1 heterocycles. The van der Waals surface area contributed by atoms with Crippen LogP contribution in [0.15, 0.2) is 24.3 Å². The molecule has 1 aromatic carbocycles. The number of Topliss-reactive ketones (excluding diaryl/α,β-unsaturated/α-hetero) is 2. The first-order valence-corrected chi connectivity index (χ1v) is 6.10. The van der Waals surface area contributed by atoms with E-state index in [0.29, 0.717) is 25.1 Å². The summed E-state index contributed by atoms with van der Waals surface area (Å²) < 4.78 is 13.0. The van der Waals surface area contributed by atoms with Crippen molar-refractivity contribution in [3.8, 4) is 0 Å². The van der Waals surface area contributed by atoms with Gasteiger partial charge in [-0.3, -0.25) is 14.5 Å². The summed E-state index contributed by atoms with van der Waals surface area (Å²) in [6.07, 6.45) is 0.498.